The number of amides is 1. The van der Waals surface area contributed by atoms with Gasteiger partial charge in [0, 0.05) is 0 Å². The van der Waals surface area contributed by atoms with Gasteiger partial charge in [0.2, 0.25) is 11.9 Å². The van der Waals surface area contributed by atoms with E-state index in [9.17, 15) is 9.59 Å². The summed E-state index contributed by atoms with van der Waals surface area (Å²) in [7, 11) is -0.0796. The van der Waals surface area contributed by atoms with Gasteiger partial charge in [0.1, 0.15) is 22.9 Å². The Morgan fingerprint density at radius 3 is 2.11 bits per heavy atom. The highest BCUT2D eigenvalue weighted by Crippen LogP contribution is 2.35. The molecule has 0 aliphatic carbocycles. The van der Waals surface area contributed by atoms with Gasteiger partial charge < -0.3 is 24.3 Å². The number of anilines is 1. The van der Waals surface area contributed by atoms with Crippen LogP contribution in [0, 0.1) is 6.92 Å². The molecular formula is C26H33NO6Si2. The van der Waals surface area contributed by atoms with Crippen LogP contribution in [0.15, 0.2) is 42.4 Å². The number of para-hydroxylation sites is 1. The lowest BCUT2D eigenvalue weighted by Gasteiger charge is -2.40. The number of hydrogen-bond acceptors (Lipinski definition) is 6. The monoisotopic (exact) mass is 511 g/mol. The van der Waals surface area contributed by atoms with Gasteiger partial charge in [0.05, 0.1) is 36.4 Å². The van der Waals surface area contributed by atoms with E-state index in [1.54, 1.807) is 18.2 Å². The molecule has 0 saturated heterocycles. The van der Waals surface area contributed by atoms with Gasteiger partial charge in [-0.2, -0.15) is 0 Å². The summed E-state index contributed by atoms with van der Waals surface area (Å²) in [4.78, 5) is 25.6. The Labute approximate surface area is 208 Å². The van der Waals surface area contributed by atoms with Crippen molar-refractivity contribution in [1.82, 2.24) is 0 Å². The molecule has 186 valence electrons. The van der Waals surface area contributed by atoms with Gasteiger partial charge in [-0.1, -0.05) is 60.8 Å². The van der Waals surface area contributed by atoms with Crippen LogP contribution < -0.4 is 29.9 Å². The first kappa shape index (κ1) is 25.1. The van der Waals surface area contributed by atoms with Gasteiger partial charge in [-0.3, -0.25) is 9.59 Å². The standard InChI is InChI=1S/C26H33NO6Si2/c1-16-13-21-22(35(6,7)12-11-34(21,4)5)15-20(16)32-23-14-17(28)25(33-23)26(29)27-24-18(30-2)9-8-10-19(24)31-3/h8-10,13-15,25H,11-12H2,1-7H3,(H,27,29). The molecule has 2 aromatic rings. The first-order valence-electron chi connectivity index (χ1n) is 11.7. The Hall–Kier alpha value is -3.05. The molecule has 0 fully saturated rings. The SMILES string of the molecule is COc1cccc(OC)c1NC(=O)C1OC(Oc2cc3c(cc2C)[Si](C)(C)CC[Si]3(C)C)=CC1=O. The van der Waals surface area contributed by atoms with Gasteiger partial charge in [-0.05, 0) is 30.7 Å². The Kier molecular flexibility index (Phi) is 6.58. The van der Waals surface area contributed by atoms with Crippen LogP contribution in [-0.2, 0) is 14.3 Å². The predicted molar refractivity (Wildman–Crippen MR) is 142 cm³/mol. The summed E-state index contributed by atoms with van der Waals surface area (Å²) < 4.78 is 22.3. The van der Waals surface area contributed by atoms with Crippen molar-refractivity contribution in [2.45, 2.75) is 51.3 Å². The molecule has 2 aromatic carbocycles. The zero-order valence-electron chi connectivity index (χ0n) is 21.4. The molecule has 0 saturated carbocycles. The molecule has 1 amide bonds. The van der Waals surface area contributed by atoms with Crippen molar-refractivity contribution in [3.8, 4) is 17.2 Å². The number of rotatable bonds is 6. The molecule has 4 rings (SSSR count). The van der Waals surface area contributed by atoms with Crippen molar-refractivity contribution < 1.29 is 28.5 Å². The maximum atomic E-state index is 12.9. The number of fused-ring (bicyclic) bond motifs is 1. The highest BCUT2D eigenvalue weighted by molar-refractivity contribution is 7.03. The van der Waals surface area contributed by atoms with Gasteiger partial charge in [-0.25, -0.2) is 0 Å². The maximum absolute atomic E-state index is 12.9. The fourth-order valence-corrected chi connectivity index (χ4v) is 15.0. The summed E-state index contributed by atoms with van der Waals surface area (Å²) in [5, 5.41) is 5.65. The molecule has 2 aliphatic rings. The average Bonchev–Trinajstić information content (AvgIpc) is 3.18. The van der Waals surface area contributed by atoms with Crippen molar-refractivity contribution in [2.75, 3.05) is 19.5 Å². The van der Waals surface area contributed by atoms with E-state index < -0.39 is 33.9 Å². The van der Waals surface area contributed by atoms with Crippen LogP contribution in [0.2, 0.25) is 38.3 Å². The molecule has 1 N–H and O–H groups in total. The van der Waals surface area contributed by atoms with Crippen LogP contribution in [0.5, 0.6) is 17.2 Å². The average molecular weight is 512 g/mol. The first-order valence-corrected chi connectivity index (χ1v) is 18.2. The fourth-order valence-electron chi connectivity index (χ4n) is 4.72. The summed E-state index contributed by atoms with van der Waals surface area (Å²) in [5.41, 5.74) is 1.33. The molecule has 0 bridgehead atoms. The van der Waals surface area contributed by atoms with Crippen molar-refractivity contribution in [3.05, 3.63) is 47.9 Å². The van der Waals surface area contributed by atoms with Crippen LogP contribution in [-0.4, -0.2) is 48.2 Å². The molecule has 0 radical (unpaired) electrons. The predicted octanol–water partition coefficient (Wildman–Crippen LogP) is 3.68. The van der Waals surface area contributed by atoms with Crippen molar-refractivity contribution in [1.29, 1.82) is 0 Å². The third kappa shape index (κ3) is 4.74. The number of aryl methyl sites for hydroxylation is 1. The van der Waals surface area contributed by atoms with E-state index in [1.165, 1.54) is 42.8 Å². The molecule has 9 heteroatoms. The number of benzene rings is 2. The summed E-state index contributed by atoms with van der Waals surface area (Å²) in [5.74, 6) is 0.409. The Morgan fingerprint density at radius 2 is 1.54 bits per heavy atom. The lowest BCUT2D eigenvalue weighted by atomic mass is 10.2. The second-order valence-corrected chi connectivity index (χ2v) is 20.0. The van der Waals surface area contributed by atoms with E-state index in [2.05, 4.69) is 43.6 Å². The van der Waals surface area contributed by atoms with Crippen LogP contribution in [0.3, 0.4) is 0 Å². The highest BCUT2D eigenvalue weighted by atomic mass is 28.3. The zero-order chi connectivity index (χ0) is 25.5. The molecule has 7 nitrogen and oxygen atoms in total. The lowest BCUT2D eigenvalue weighted by molar-refractivity contribution is -0.134. The number of carbonyl (C=O) groups excluding carboxylic acids is 2. The smallest absolute Gasteiger partial charge is 0.289 e. The number of methoxy groups -OCH3 is 2. The number of carbonyl (C=O) groups is 2. The second-order valence-electron chi connectivity index (χ2n) is 10.4. The number of hydrogen-bond donors (Lipinski definition) is 1. The van der Waals surface area contributed by atoms with Gasteiger partial charge in [0.25, 0.3) is 11.9 Å². The Balaban J connectivity index is 1.54. The minimum Gasteiger partial charge on any atom is -0.494 e. The molecule has 2 heterocycles. The number of ketones is 1. The van der Waals surface area contributed by atoms with Crippen LogP contribution in [0.25, 0.3) is 0 Å². The lowest BCUT2D eigenvalue weighted by Crippen LogP contribution is -2.63. The zero-order valence-corrected chi connectivity index (χ0v) is 23.4. The van der Waals surface area contributed by atoms with E-state index in [4.69, 9.17) is 18.9 Å². The normalized spacial score (nSPS) is 19.8. The van der Waals surface area contributed by atoms with E-state index in [1.807, 2.05) is 6.92 Å². The fraction of sp³-hybridized carbons (Fsp3) is 0.385. The summed E-state index contributed by atoms with van der Waals surface area (Å²) >= 11 is 0. The minimum absolute atomic E-state index is 0.0250. The van der Waals surface area contributed by atoms with Crippen LogP contribution in [0.4, 0.5) is 5.69 Å². The topological polar surface area (TPSA) is 83.1 Å². The summed E-state index contributed by atoms with van der Waals surface area (Å²) in [6.45, 7) is 11.7. The van der Waals surface area contributed by atoms with Gasteiger partial charge in [-0.15, -0.1) is 0 Å². The minimum atomic E-state index is -1.58. The quantitative estimate of drug-likeness (QED) is 0.471. The third-order valence-corrected chi connectivity index (χ3v) is 14.5. The molecule has 1 atom stereocenters. The summed E-state index contributed by atoms with van der Waals surface area (Å²) in [6.07, 6.45) is -0.112. The second kappa shape index (κ2) is 9.20. The highest BCUT2D eigenvalue weighted by Gasteiger charge is 2.41. The van der Waals surface area contributed by atoms with Crippen molar-refractivity contribution in [3.63, 3.8) is 0 Å². The van der Waals surface area contributed by atoms with E-state index >= 15 is 0 Å². The molecule has 1 unspecified atom stereocenters. The molecule has 2 aliphatic heterocycles. The van der Waals surface area contributed by atoms with Gasteiger partial charge >= 0.3 is 0 Å². The summed E-state index contributed by atoms with van der Waals surface area (Å²) in [6, 6.07) is 12.1. The van der Waals surface area contributed by atoms with Crippen LogP contribution in [0.1, 0.15) is 5.56 Å². The van der Waals surface area contributed by atoms with Gasteiger partial charge in [0.15, 0.2) is 0 Å². The molecule has 35 heavy (non-hydrogen) atoms. The van der Waals surface area contributed by atoms with Crippen molar-refractivity contribution in [2.24, 2.45) is 0 Å². The largest absolute Gasteiger partial charge is 0.494 e. The Morgan fingerprint density at radius 1 is 0.971 bits per heavy atom. The van der Waals surface area contributed by atoms with Crippen molar-refractivity contribution >= 4 is 43.9 Å². The van der Waals surface area contributed by atoms with E-state index in [0.717, 1.165) is 5.56 Å². The molecule has 0 aromatic heterocycles. The Bertz CT molecular complexity index is 1200. The number of nitrogens with one attached hydrogen (secondary N) is 1. The van der Waals surface area contributed by atoms with E-state index in [0.29, 0.717) is 22.9 Å². The molecule has 0 spiro atoms. The molecular weight excluding hydrogens is 478 g/mol. The van der Waals surface area contributed by atoms with Crippen LogP contribution >= 0.6 is 0 Å². The number of ether oxygens (including phenoxy) is 4. The maximum Gasteiger partial charge on any atom is 0.289 e. The third-order valence-electron chi connectivity index (χ3n) is 7.03. The van der Waals surface area contributed by atoms with E-state index in [-0.39, 0.29) is 5.95 Å². The first-order chi connectivity index (χ1) is 16.5.